The minimum Gasteiger partial charge on any atom is -0.461 e. The highest BCUT2D eigenvalue weighted by molar-refractivity contribution is 5.70. The second-order valence-corrected chi connectivity index (χ2v) is 15.7. The van der Waals surface area contributed by atoms with Crippen molar-refractivity contribution in [3.63, 3.8) is 0 Å². The summed E-state index contributed by atoms with van der Waals surface area (Å²) >= 11 is 0. The molecule has 0 aliphatic heterocycles. The third-order valence-corrected chi connectivity index (χ3v) is 13.2. The Labute approximate surface area is 223 Å². The van der Waals surface area contributed by atoms with E-state index in [9.17, 15) is 19.8 Å². The maximum atomic E-state index is 13.0. The molecule has 0 spiro atoms. The van der Waals surface area contributed by atoms with Gasteiger partial charge in [0.05, 0.1) is 17.6 Å². The molecule has 4 fully saturated rings. The fourth-order valence-electron chi connectivity index (χ4n) is 11.1. The van der Waals surface area contributed by atoms with Crippen LogP contribution in [0.5, 0.6) is 0 Å². The lowest BCUT2D eigenvalue weighted by Crippen LogP contribution is -2.69. The molecule has 0 amide bonds. The Kier molecular flexibility index (Phi) is 6.04. The smallest absolute Gasteiger partial charge is 0.302 e. The quantitative estimate of drug-likeness (QED) is 0.274. The van der Waals surface area contributed by atoms with Crippen molar-refractivity contribution in [1.82, 2.24) is 0 Å². The second-order valence-electron chi connectivity index (χ2n) is 15.7. The molecule has 4 saturated carbocycles. The van der Waals surface area contributed by atoms with Crippen LogP contribution in [-0.2, 0) is 14.3 Å². The molecule has 0 aromatic rings. The van der Waals surface area contributed by atoms with Crippen molar-refractivity contribution in [2.75, 3.05) is 0 Å². The van der Waals surface area contributed by atoms with E-state index in [0.29, 0.717) is 24.7 Å². The summed E-state index contributed by atoms with van der Waals surface area (Å²) in [6.07, 6.45) is 8.54. The van der Waals surface area contributed by atoms with Gasteiger partial charge in [-0.15, -0.1) is 0 Å². The van der Waals surface area contributed by atoms with Crippen molar-refractivity contribution in [3.05, 3.63) is 11.6 Å². The van der Waals surface area contributed by atoms with E-state index in [1.807, 2.05) is 0 Å². The molecule has 5 nitrogen and oxygen atoms in total. The van der Waals surface area contributed by atoms with Gasteiger partial charge in [-0.25, -0.2) is 0 Å². The maximum Gasteiger partial charge on any atom is 0.302 e. The van der Waals surface area contributed by atoms with Gasteiger partial charge in [0.1, 0.15) is 12.4 Å². The van der Waals surface area contributed by atoms with Gasteiger partial charge in [0.25, 0.3) is 0 Å². The first kappa shape index (κ1) is 27.4. The average molecular weight is 515 g/mol. The van der Waals surface area contributed by atoms with E-state index in [-0.39, 0.29) is 45.1 Å². The lowest BCUT2D eigenvalue weighted by atomic mass is 9.33. The molecule has 10 atom stereocenters. The summed E-state index contributed by atoms with van der Waals surface area (Å²) in [5.41, 5.74) is -0.145. The van der Waals surface area contributed by atoms with Crippen LogP contribution in [0.1, 0.15) is 107 Å². The van der Waals surface area contributed by atoms with Crippen LogP contribution >= 0.6 is 0 Å². The molecule has 0 aromatic heterocycles. The van der Waals surface area contributed by atoms with Gasteiger partial charge in [0.15, 0.2) is 0 Å². The van der Waals surface area contributed by atoms with Crippen LogP contribution in [-0.4, -0.2) is 40.8 Å². The summed E-state index contributed by atoms with van der Waals surface area (Å²) in [6.45, 7) is 17.6. The van der Waals surface area contributed by atoms with E-state index in [4.69, 9.17) is 4.74 Å². The fraction of sp³-hybridized carbons (Fsp3) is 0.875. The lowest BCUT2D eigenvalue weighted by molar-refractivity contribution is -0.228. The summed E-state index contributed by atoms with van der Waals surface area (Å²) in [6, 6.07) is 0. The Hall–Kier alpha value is -1.20. The molecule has 0 aromatic carbocycles. The molecule has 37 heavy (non-hydrogen) atoms. The normalized spacial score (nSPS) is 51.9. The van der Waals surface area contributed by atoms with Crippen molar-refractivity contribution in [2.45, 2.75) is 125 Å². The van der Waals surface area contributed by atoms with E-state index in [1.54, 1.807) is 0 Å². The Morgan fingerprint density at radius 2 is 1.62 bits per heavy atom. The molecular formula is C32H50O5. The molecule has 5 aliphatic rings. The molecule has 0 bridgehead atoms. The molecule has 0 heterocycles. The van der Waals surface area contributed by atoms with E-state index in [0.717, 1.165) is 44.8 Å². The van der Waals surface area contributed by atoms with Gasteiger partial charge in [-0.2, -0.15) is 0 Å². The van der Waals surface area contributed by atoms with Gasteiger partial charge in [0, 0.05) is 6.92 Å². The molecule has 2 N–H and O–H groups in total. The lowest BCUT2D eigenvalue weighted by Gasteiger charge is -2.72. The van der Waals surface area contributed by atoms with Crippen molar-refractivity contribution in [3.8, 4) is 0 Å². The zero-order valence-electron chi connectivity index (χ0n) is 24.4. The van der Waals surface area contributed by atoms with Crippen molar-refractivity contribution < 1.29 is 24.5 Å². The topological polar surface area (TPSA) is 83.8 Å². The van der Waals surface area contributed by atoms with Crippen LogP contribution in [0.3, 0.4) is 0 Å². The molecule has 0 saturated heterocycles. The highest BCUT2D eigenvalue weighted by atomic mass is 16.5. The van der Waals surface area contributed by atoms with Crippen LogP contribution in [0.15, 0.2) is 11.6 Å². The van der Waals surface area contributed by atoms with Gasteiger partial charge in [-0.05, 0) is 96.2 Å². The van der Waals surface area contributed by atoms with Gasteiger partial charge in [0.2, 0.25) is 0 Å². The molecule has 5 rings (SSSR count). The largest absolute Gasteiger partial charge is 0.461 e. The number of aldehydes is 1. The number of aliphatic hydroxyl groups excluding tert-OH is 2. The number of esters is 1. The van der Waals surface area contributed by atoms with Gasteiger partial charge in [-0.1, -0.05) is 60.1 Å². The summed E-state index contributed by atoms with van der Waals surface area (Å²) in [5.74, 6) is 0.384. The predicted octanol–water partition coefficient (Wildman–Crippen LogP) is 5.86. The Morgan fingerprint density at radius 1 is 0.946 bits per heavy atom. The predicted molar refractivity (Wildman–Crippen MR) is 143 cm³/mol. The van der Waals surface area contributed by atoms with Crippen molar-refractivity contribution in [1.29, 1.82) is 0 Å². The summed E-state index contributed by atoms with van der Waals surface area (Å²) in [7, 11) is 0. The minimum atomic E-state index is -1.09. The SMILES string of the molecule is CC(=O)O[C@@H]1C[C@]2(C)C(=CC[C@@H]3[C@@]4(C)CC[C@H](O)C(C)(C)[C@H]4CC[C@]32C)[C@@H]2CC(C)(C)C[C@H](O)[C@]12C=O. The number of fused-ring (bicyclic) bond motifs is 7. The average Bonchev–Trinajstić information content (AvgIpc) is 2.76. The number of carbonyl (C=O) groups is 2. The Balaban J connectivity index is 1.66. The van der Waals surface area contributed by atoms with E-state index in [2.05, 4.69) is 54.5 Å². The molecule has 0 radical (unpaired) electrons. The summed E-state index contributed by atoms with van der Waals surface area (Å²) < 4.78 is 6.02. The van der Waals surface area contributed by atoms with Crippen LogP contribution in [0.4, 0.5) is 0 Å². The number of ether oxygens (including phenoxy) is 1. The molecule has 5 aliphatic carbocycles. The number of aliphatic hydroxyl groups is 2. The third kappa shape index (κ3) is 3.41. The van der Waals surface area contributed by atoms with E-state index < -0.39 is 17.6 Å². The molecule has 208 valence electrons. The Bertz CT molecular complexity index is 1010. The van der Waals surface area contributed by atoms with Crippen LogP contribution < -0.4 is 0 Å². The highest BCUT2D eigenvalue weighted by Crippen LogP contribution is 2.75. The van der Waals surface area contributed by atoms with E-state index >= 15 is 0 Å². The van der Waals surface area contributed by atoms with E-state index in [1.165, 1.54) is 12.5 Å². The zero-order valence-corrected chi connectivity index (χ0v) is 24.4. The first-order valence-corrected chi connectivity index (χ1v) is 14.7. The zero-order chi connectivity index (χ0) is 27.4. The maximum absolute atomic E-state index is 13.0. The van der Waals surface area contributed by atoms with Crippen LogP contribution in [0, 0.1) is 50.2 Å². The first-order chi connectivity index (χ1) is 17.0. The van der Waals surface area contributed by atoms with Gasteiger partial charge >= 0.3 is 5.97 Å². The molecule has 5 heteroatoms. The van der Waals surface area contributed by atoms with Crippen LogP contribution in [0.25, 0.3) is 0 Å². The number of carbonyl (C=O) groups excluding carboxylic acids is 2. The standard InChI is InChI=1S/C32H50O5/c1-19(34)37-26-17-31(8)20(21-15-27(2,3)16-25(36)32(21,26)18-33)9-10-23-29(6)13-12-24(35)28(4,5)22(29)11-14-30(23,31)7/h9,18,21-26,35-36H,10-17H2,1-8H3/t21-,22+,23+,24-,25-,26+,29-,30+,31+,32+/m0/s1. The van der Waals surface area contributed by atoms with Crippen LogP contribution in [0.2, 0.25) is 0 Å². The minimum absolute atomic E-state index is 0.0271. The number of allylic oxidation sites excluding steroid dienone is 2. The van der Waals surface area contributed by atoms with Gasteiger partial charge < -0.3 is 19.7 Å². The summed E-state index contributed by atoms with van der Waals surface area (Å²) in [4.78, 5) is 25.4. The molecular weight excluding hydrogens is 464 g/mol. The summed E-state index contributed by atoms with van der Waals surface area (Å²) in [5, 5.41) is 22.5. The van der Waals surface area contributed by atoms with Crippen molar-refractivity contribution in [2.24, 2.45) is 50.2 Å². The number of hydrogen-bond acceptors (Lipinski definition) is 5. The number of rotatable bonds is 2. The monoisotopic (exact) mass is 514 g/mol. The fourth-order valence-corrected chi connectivity index (χ4v) is 11.1. The first-order valence-electron chi connectivity index (χ1n) is 14.7. The molecule has 0 unspecified atom stereocenters. The van der Waals surface area contributed by atoms with Gasteiger partial charge in [-0.3, -0.25) is 4.79 Å². The second kappa shape index (κ2) is 8.16. The highest BCUT2D eigenvalue weighted by Gasteiger charge is 2.72. The Morgan fingerprint density at radius 3 is 2.24 bits per heavy atom. The third-order valence-electron chi connectivity index (χ3n) is 13.2. The van der Waals surface area contributed by atoms with Crippen molar-refractivity contribution >= 4 is 12.3 Å². The number of hydrogen-bond donors (Lipinski definition) is 2.